The number of hydrogen-bond acceptors (Lipinski definition) is 12. The number of ether oxygens (including phenoxy) is 2. The lowest BCUT2D eigenvalue weighted by molar-refractivity contribution is -0.220. The number of carbonyl (C=O) groups is 2. The number of aliphatic hydroxyl groups is 5. The summed E-state index contributed by atoms with van der Waals surface area (Å²) in [7, 11) is -5.12. The number of unbranched alkanes of at least 4 members (excludes halogenated alkanes) is 23. The minimum atomic E-state index is -5.12. The minimum Gasteiger partial charge on any atom is -0.462 e. The summed E-state index contributed by atoms with van der Waals surface area (Å²) in [6.45, 7) is 3.26. The number of carbonyl (C=O) groups excluding carboxylic acids is 2. The number of hydrogen-bond donors (Lipinski definition) is 6. The fraction of sp³-hybridized carbons (Fsp3) is 0.870. The predicted octanol–water partition coefficient (Wildman–Crippen LogP) is 9.23. The Morgan fingerprint density at radius 2 is 0.917 bits per heavy atom. The van der Waals surface area contributed by atoms with Gasteiger partial charge >= 0.3 is 19.8 Å². The van der Waals surface area contributed by atoms with Gasteiger partial charge in [-0.2, -0.15) is 0 Å². The van der Waals surface area contributed by atoms with Gasteiger partial charge in [0, 0.05) is 12.8 Å². The van der Waals surface area contributed by atoms with E-state index >= 15 is 0 Å². The van der Waals surface area contributed by atoms with Crippen molar-refractivity contribution in [1.29, 1.82) is 0 Å². The summed E-state index contributed by atoms with van der Waals surface area (Å²) in [6, 6.07) is 0. The SMILES string of the molecule is CCCC/C=C\C/C=C\CCCCCCCC(=O)O[C@H](COC(=O)CCCCCCCCCCCCCCCCCCC)COP(=O)(O)OC1C(O)C(O)C(O)[C@@H](O)C1O. The lowest BCUT2D eigenvalue weighted by Crippen LogP contribution is -2.64. The molecule has 1 aliphatic carbocycles. The van der Waals surface area contributed by atoms with Crippen LogP contribution in [0, 0.1) is 0 Å². The molecule has 0 aromatic rings. The number of phosphoric acid groups is 1. The van der Waals surface area contributed by atoms with E-state index in [1.807, 2.05) is 0 Å². The monoisotopic (exact) mass is 877 g/mol. The maximum Gasteiger partial charge on any atom is 0.472 e. The molecule has 352 valence electrons. The Morgan fingerprint density at radius 1 is 0.517 bits per heavy atom. The molecule has 0 saturated heterocycles. The second-order valence-electron chi connectivity index (χ2n) is 16.6. The normalized spacial score (nSPS) is 22.3. The van der Waals surface area contributed by atoms with Gasteiger partial charge in [-0.15, -0.1) is 0 Å². The van der Waals surface area contributed by atoms with Crippen LogP contribution in [-0.4, -0.2) is 98.3 Å². The molecule has 0 aromatic carbocycles. The standard InChI is InChI=1S/C46H85O13P/c1-3-5-7-9-11-13-15-17-19-20-21-23-24-26-28-30-32-34-39(47)56-36-38(37-57-60(54,55)59-46-44(52)42(50)41(49)43(51)45(46)53)58-40(48)35-33-31-29-27-25-22-18-16-14-12-10-8-6-4-2/h10,12,16,18,38,41-46,49-53H,3-9,11,13-15,17,19-37H2,1-2H3,(H,54,55)/b12-10-,18-16-/t38-,41?,42-,43?,44?,45?,46?/m1/s1. The van der Waals surface area contributed by atoms with E-state index in [0.29, 0.717) is 12.8 Å². The van der Waals surface area contributed by atoms with E-state index in [0.717, 1.165) is 64.2 Å². The van der Waals surface area contributed by atoms with Crippen molar-refractivity contribution in [1.82, 2.24) is 0 Å². The van der Waals surface area contributed by atoms with E-state index < -0.39 is 75.7 Å². The van der Waals surface area contributed by atoms with Crippen molar-refractivity contribution in [2.24, 2.45) is 0 Å². The molecule has 1 aliphatic rings. The number of esters is 2. The molecule has 1 saturated carbocycles. The zero-order chi connectivity index (χ0) is 44.3. The van der Waals surface area contributed by atoms with E-state index in [9.17, 15) is 44.6 Å². The predicted molar refractivity (Wildman–Crippen MR) is 235 cm³/mol. The quantitative estimate of drug-likeness (QED) is 0.0147. The van der Waals surface area contributed by atoms with E-state index in [1.165, 1.54) is 96.3 Å². The fourth-order valence-electron chi connectivity index (χ4n) is 7.19. The first-order chi connectivity index (χ1) is 28.9. The maximum atomic E-state index is 12.8. The minimum absolute atomic E-state index is 0.0832. The van der Waals surface area contributed by atoms with E-state index in [2.05, 4.69) is 38.2 Å². The van der Waals surface area contributed by atoms with Crippen molar-refractivity contribution in [2.45, 2.75) is 243 Å². The third-order valence-electron chi connectivity index (χ3n) is 11.0. The van der Waals surface area contributed by atoms with Gasteiger partial charge in [-0.3, -0.25) is 18.6 Å². The molecule has 6 unspecified atom stereocenters. The van der Waals surface area contributed by atoms with Crippen LogP contribution in [-0.2, 0) is 32.7 Å². The Balaban J connectivity index is 2.44. The number of phosphoric ester groups is 1. The first-order valence-corrected chi connectivity index (χ1v) is 25.1. The average molecular weight is 877 g/mol. The summed E-state index contributed by atoms with van der Waals surface area (Å²) >= 11 is 0. The highest BCUT2D eigenvalue weighted by Gasteiger charge is 2.51. The molecule has 0 radical (unpaired) electrons. The molecule has 1 rings (SSSR count). The molecule has 0 bridgehead atoms. The molecule has 0 amide bonds. The van der Waals surface area contributed by atoms with E-state index in [4.69, 9.17) is 18.5 Å². The summed E-state index contributed by atoms with van der Waals surface area (Å²) in [6.07, 6.45) is 26.6. The zero-order valence-corrected chi connectivity index (χ0v) is 38.2. The average Bonchev–Trinajstić information content (AvgIpc) is 3.23. The van der Waals surface area contributed by atoms with Gasteiger partial charge < -0.3 is 39.9 Å². The van der Waals surface area contributed by atoms with Crippen LogP contribution in [0.4, 0.5) is 0 Å². The van der Waals surface area contributed by atoms with Crippen LogP contribution in [0.15, 0.2) is 24.3 Å². The van der Waals surface area contributed by atoms with Gasteiger partial charge in [-0.05, 0) is 38.5 Å². The lowest BCUT2D eigenvalue weighted by Gasteiger charge is -2.41. The smallest absolute Gasteiger partial charge is 0.462 e. The van der Waals surface area contributed by atoms with Crippen molar-refractivity contribution >= 4 is 19.8 Å². The van der Waals surface area contributed by atoms with Gasteiger partial charge in [0.25, 0.3) is 0 Å². The van der Waals surface area contributed by atoms with Crippen molar-refractivity contribution in [3.8, 4) is 0 Å². The van der Waals surface area contributed by atoms with E-state index in [-0.39, 0.29) is 12.8 Å². The van der Waals surface area contributed by atoms with Crippen LogP contribution in [0.2, 0.25) is 0 Å². The van der Waals surface area contributed by atoms with Crippen molar-refractivity contribution in [3.05, 3.63) is 24.3 Å². The Morgan fingerprint density at radius 3 is 1.40 bits per heavy atom. The zero-order valence-electron chi connectivity index (χ0n) is 37.3. The molecule has 8 atom stereocenters. The van der Waals surface area contributed by atoms with Crippen LogP contribution >= 0.6 is 7.82 Å². The molecule has 0 heterocycles. The molecule has 60 heavy (non-hydrogen) atoms. The molecule has 14 heteroatoms. The molecular weight excluding hydrogens is 791 g/mol. The molecule has 0 aliphatic heterocycles. The highest BCUT2D eigenvalue weighted by molar-refractivity contribution is 7.47. The Labute approximate surface area is 362 Å². The third kappa shape index (κ3) is 28.8. The van der Waals surface area contributed by atoms with Crippen LogP contribution in [0.5, 0.6) is 0 Å². The van der Waals surface area contributed by atoms with Gasteiger partial charge in [0.1, 0.15) is 43.2 Å². The Bertz CT molecular complexity index is 1150. The second-order valence-corrected chi connectivity index (χ2v) is 18.0. The molecule has 0 aromatic heterocycles. The van der Waals surface area contributed by atoms with Crippen molar-refractivity contribution in [2.75, 3.05) is 13.2 Å². The molecule has 1 fully saturated rings. The summed E-state index contributed by atoms with van der Waals surface area (Å²) < 4.78 is 33.5. The molecular formula is C46H85O13P. The van der Waals surface area contributed by atoms with Crippen LogP contribution in [0.25, 0.3) is 0 Å². The second kappa shape index (κ2) is 36.8. The highest BCUT2D eigenvalue weighted by Crippen LogP contribution is 2.47. The molecule has 13 nitrogen and oxygen atoms in total. The van der Waals surface area contributed by atoms with Crippen molar-refractivity contribution in [3.63, 3.8) is 0 Å². The first-order valence-electron chi connectivity index (χ1n) is 23.6. The Hall–Kier alpha value is -1.67. The summed E-state index contributed by atoms with van der Waals surface area (Å²) in [4.78, 5) is 35.7. The van der Waals surface area contributed by atoms with Crippen LogP contribution in [0.1, 0.15) is 200 Å². The van der Waals surface area contributed by atoms with Gasteiger partial charge in [0.2, 0.25) is 0 Å². The number of rotatable bonds is 39. The molecule has 0 spiro atoms. The fourth-order valence-corrected chi connectivity index (χ4v) is 8.16. The summed E-state index contributed by atoms with van der Waals surface area (Å²) in [5, 5.41) is 50.1. The van der Waals surface area contributed by atoms with Gasteiger partial charge in [0.05, 0.1) is 6.61 Å². The van der Waals surface area contributed by atoms with Crippen molar-refractivity contribution < 1.29 is 63.1 Å². The summed E-state index contributed by atoms with van der Waals surface area (Å²) in [5.74, 6) is -1.11. The van der Waals surface area contributed by atoms with Gasteiger partial charge in [-0.1, -0.05) is 173 Å². The van der Waals surface area contributed by atoms with Gasteiger partial charge in [0.15, 0.2) is 6.10 Å². The van der Waals surface area contributed by atoms with Crippen LogP contribution in [0.3, 0.4) is 0 Å². The largest absolute Gasteiger partial charge is 0.472 e. The molecule has 6 N–H and O–H groups in total. The number of allylic oxidation sites excluding steroid dienone is 4. The third-order valence-corrected chi connectivity index (χ3v) is 12.0. The lowest BCUT2D eigenvalue weighted by atomic mass is 9.85. The van der Waals surface area contributed by atoms with Crippen LogP contribution < -0.4 is 0 Å². The highest BCUT2D eigenvalue weighted by atomic mass is 31.2. The van der Waals surface area contributed by atoms with Gasteiger partial charge in [-0.25, -0.2) is 4.57 Å². The maximum absolute atomic E-state index is 12.8. The van der Waals surface area contributed by atoms with E-state index in [1.54, 1.807) is 0 Å². The topological polar surface area (TPSA) is 210 Å². The summed E-state index contributed by atoms with van der Waals surface area (Å²) in [5.41, 5.74) is 0. The number of aliphatic hydroxyl groups excluding tert-OH is 5. The first kappa shape index (κ1) is 56.3. The Kier molecular flexibility index (Phi) is 34.5.